The van der Waals surface area contributed by atoms with Gasteiger partial charge in [0.2, 0.25) is 0 Å². The average Bonchev–Trinajstić information content (AvgIpc) is 3.40. The number of hydrogen-bond acceptors (Lipinski definition) is 7. The van der Waals surface area contributed by atoms with Gasteiger partial charge in [0, 0.05) is 11.3 Å². The van der Waals surface area contributed by atoms with Crippen molar-refractivity contribution >= 4 is 29.2 Å². The molecule has 3 unspecified atom stereocenters. The predicted molar refractivity (Wildman–Crippen MR) is 141 cm³/mol. The largest absolute Gasteiger partial charge is 0.458 e. The van der Waals surface area contributed by atoms with Crippen LogP contribution in [-0.4, -0.2) is 45.3 Å². The third kappa shape index (κ3) is 5.63. The van der Waals surface area contributed by atoms with Crippen molar-refractivity contribution in [1.82, 2.24) is 4.98 Å². The Morgan fingerprint density at radius 2 is 1.78 bits per heavy atom. The molecule has 3 fully saturated rings. The van der Waals surface area contributed by atoms with E-state index in [2.05, 4.69) is 4.98 Å². The number of fused-ring (bicyclic) bond motifs is 4. The lowest BCUT2D eigenvalue weighted by atomic mass is 9.68. The van der Waals surface area contributed by atoms with Gasteiger partial charge in [0.25, 0.3) is 0 Å². The van der Waals surface area contributed by atoms with Gasteiger partial charge in [-0.05, 0) is 80.8 Å². The normalized spacial score (nSPS) is 40.0. The molecule has 1 saturated heterocycles. The number of esters is 1. The molecule has 2 N–H and O–H groups in total. The summed E-state index contributed by atoms with van der Waals surface area (Å²) in [4.78, 5) is 30.9. The minimum atomic E-state index is -1.19. The van der Waals surface area contributed by atoms with E-state index < -0.39 is 29.5 Å². The first-order valence-electron chi connectivity index (χ1n) is 13.6. The Bertz CT molecular complexity index is 1000. The molecule has 4 rings (SSSR count). The molecule has 200 valence electrons. The highest BCUT2D eigenvalue weighted by Gasteiger charge is 2.60. The number of cyclic esters (lactones) is 1. The molecule has 0 bridgehead atoms. The van der Waals surface area contributed by atoms with Gasteiger partial charge in [0.1, 0.15) is 11.9 Å². The lowest BCUT2D eigenvalue weighted by Crippen LogP contribution is -2.46. The van der Waals surface area contributed by atoms with Crippen LogP contribution in [0.1, 0.15) is 83.8 Å². The standard InChI is InChI=1S/C29H43NO5S/c1-15-8-7-9-20-21-11-22(21)23(20)12-24(16(2)10-19-14-36-18(4)30-19)35-26(32)13-25(31)29(5,6)28(34)17(3)27(15)33/h10,14-15,17,20-25,27,31,33H,7-9,11-13H2,1-6H3/b16-10+/t15-,17+,20?,21-,22?,23+,24?,25-,27-/m0/s1. The molecule has 0 radical (unpaired) electrons. The average molecular weight is 518 g/mol. The monoisotopic (exact) mass is 517 g/mol. The highest BCUT2D eigenvalue weighted by Crippen LogP contribution is 2.67. The van der Waals surface area contributed by atoms with Gasteiger partial charge in [-0.25, -0.2) is 4.98 Å². The van der Waals surface area contributed by atoms with Crippen LogP contribution in [0.5, 0.6) is 0 Å². The lowest BCUT2D eigenvalue weighted by molar-refractivity contribution is -0.155. The van der Waals surface area contributed by atoms with E-state index in [1.807, 2.05) is 32.2 Å². The Labute approximate surface area is 219 Å². The number of ether oxygens (including phenoxy) is 1. The topological polar surface area (TPSA) is 96.7 Å². The van der Waals surface area contributed by atoms with Crippen LogP contribution in [-0.2, 0) is 14.3 Å². The van der Waals surface area contributed by atoms with Gasteiger partial charge in [-0.3, -0.25) is 9.59 Å². The van der Waals surface area contributed by atoms with Crippen molar-refractivity contribution in [2.45, 2.75) is 98.4 Å². The first-order chi connectivity index (χ1) is 16.9. The van der Waals surface area contributed by atoms with Crippen LogP contribution in [0, 0.1) is 47.8 Å². The second-order valence-electron chi connectivity index (χ2n) is 12.3. The number of nitrogens with zero attached hydrogens (tertiary/aromatic N) is 1. The summed E-state index contributed by atoms with van der Waals surface area (Å²) in [5.74, 6) is 1.36. The summed E-state index contributed by atoms with van der Waals surface area (Å²) in [5.41, 5.74) is 0.670. The van der Waals surface area contributed by atoms with Crippen molar-refractivity contribution in [3.8, 4) is 0 Å². The van der Waals surface area contributed by atoms with Gasteiger partial charge in [0.05, 0.1) is 34.7 Å². The van der Waals surface area contributed by atoms with Gasteiger partial charge in [-0.1, -0.05) is 34.1 Å². The second-order valence-corrected chi connectivity index (χ2v) is 13.3. The molecule has 0 spiro atoms. The maximum Gasteiger partial charge on any atom is 0.309 e. The molecular weight excluding hydrogens is 474 g/mol. The molecule has 1 aliphatic heterocycles. The van der Waals surface area contributed by atoms with E-state index in [0.717, 1.165) is 53.8 Å². The number of Topliss-reactive ketones (excluding diaryl/α,β-unsaturated/α-hetero) is 1. The van der Waals surface area contributed by atoms with Gasteiger partial charge in [-0.15, -0.1) is 11.3 Å². The zero-order valence-corrected chi connectivity index (χ0v) is 23.4. The highest BCUT2D eigenvalue weighted by molar-refractivity contribution is 7.09. The predicted octanol–water partition coefficient (Wildman–Crippen LogP) is 5.20. The molecule has 7 heteroatoms. The van der Waals surface area contributed by atoms with Crippen LogP contribution in [0.2, 0.25) is 0 Å². The van der Waals surface area contributed by atoms with Gasteiger partial charge in [-0.2, -0.15) is 0 Å². The van der Waals surface area contributed by atoms with Gasteiger partial charge >= 0.3 is 5.97 Å². The number of carbonyl (C=O) groups excluding carboxylic acids is 2. The molecule has 2 aliphatic carbocycles. The molecule has 0 amide bonds. The number of carbonyl (C=O) groups is 2. The number of aliphatic hydroxyl groups is 2. The number of thiazole rings is 1. The Morgan fingerprint density at radius 1 is 1.11 bits per heavy atom. The smallest absolute Gasteiger partial charge is 0.309 e. The molecule has 2 saturated carbocycles. The van der Waals surface area contributed by atoms with Crippen LogP contribution in [0.3, 0.4) is 0 Å². The summed E-state index contributed by atoms with van der Waals surface area (Å²) >= 11 is 1.59. The lowest BCUT2D eigenvalue weighted by Gasteiger charge is -2.39. The maximum absolute atomic E-state index is 13.3. The first kappa shape index (κ1) is 27.5. The Kier molecular flexibility index (Phi) is 8.13. The van der Waals surface area contributed by atoms with E-state index in [1.165, 1.54) is 6.42 Å². The third-order valence-corrected chi connectivity index (χ3v) is 10.1. The van der Waals surface area contributed by atoms with Crippen molar-refractivity contribution in [1.29, 1.82) is 0 Å². The maximum atomic E-state index is 13.3. The molecular formula is C29H43NO5S. The van der Waals surface area contributed by atoms with Crippen LogP contribution in [0.15, 0.2) is 11.0 Å². The summed E-state index contributed by atoms with van der Waals surface area (Å²) in [5, 5.41) is 24.9. The Morgan fingerprint density at radius 3 is 2.44 bits per heavy atom. The summed E-state index contributed by atoms with van der Waals surface area (Å²) < 4.78 is 6.02. The number of aliphatic hydroxyl groups excluding tert-OH is 2. The highest BCUT2D eigenvalue weighted by atomic mass is 32.1. The number of aryl methyl sites for hydroxylation is 1. The molecule has 2 heterocycles. The minimum Gasteiger partial charge on any atom is -0.458 e. The van der Waals surface area contributed by atoms with Crippen LogP contribution in [0.25, 0.3) is 6.08 Å². The number of ketones is 1. The second kappa shape index (κ2) is 10.7. The fraction of sp³-hybridized carbons (Fsp3) is 0.759. The van der Waals surface area contributed by atoms with E-state index in [4.69, 9.17) is 4.74 Å². The SMILES string of the molecule is C/C(=C\c1csc(C)n1)C1C[C@@H]2C(CCC[C@H](C)[C@H](O)[C@@H](C)C(=O)C(C)(C)[C@@H](O)CC(=O)O1)[C@@H]1CC21. The first-order valence-corrected chi connectivity index (χ1v) is 14.5. The van der Waals surface area contributed by atoms with E-state index >= 15 is 0 Å². The van der Waals surface area contributed by atoms with Crippen LogP contribution < -0.4 is 0 Å². The third-order valence-electron chi connectivity index (χ3n) is 9.36. The number of hydrogen-bond donors (Lipinski definition) is 2. The van der Waals surface area contributed by atoms with Gasteiger partial charge in [0.15, 0.2) is 0 Å². The Balaban J connectivity index is 1.58. The molecule has 36 heavy (non-hydrogen) atoms. The summed E-state index contributed by atoms with van der Waals surface area (Å²) in [7, 11) is 0. The van der Waals surface area contributed by atoms with Crippen molar-refractivity contribution in [3.63, 3.8) is 0 Å². The zero-order chi connectivity index (χ0) is 26.4. The zero-order valence-electron chi connectivity index (χ0n) is 22.6. The molecule has 6 nitrogen and oxygen atoms in total. The summed E-state index contributed by atoms with van der Waals surface area (Å²) in [6.45, 7) is 11.0. The molecule has 0 aromatic carbocycles. The fourth-order valence-corrected chi connectivity index (χ4v) is 7.27. The number of aromatic nitrogens is 1. The summed E-state index contributed by atoms with van der Waals surface area (Å²) in [6, 6.07) is 0. The molecule has 1 aromatic rings. The Hall–Kier alpha value is -1.57. The van der Waals surface area contributed by atoms with E-state index in [9.17, 15) is 19.8 Å². The molecule has 3 aliphatic rings. The van der Waals surface area contributed by atoms with Crippen molar-refractivity contribution in [2.24, 2.45) is 40.9 Å². The van der Waals surface area contributed by atoms with Crippen molar-refractivity contribution in [3.05, 3.63) is 21.7 Å². The van der Waals surface area contributed by atoms with Crippen molar-refractivity contribution < 1.29 is 24.5 Å². The molecule has 9 atom stereocenters. The quantitative estimate of drug-likeness (QED) is 0.523. The van der Waals surface area contributed by atoms with Crippen LogP contribution >= 0.6 is 11.3 Å². The van der Waals surface area contributed by atoms with Gasteiger partial charge < -0.3 is 14.9 Å². The minimum absolute atomic E-state index is 0.00258. The van der Waals surface area contributed by atoms with E-state index in [1.54, 1.807) is 32.1 Å². The van der Waals surface area contributed by atoms with E-state index in [0.29, 0.717) is 11.8 Å². The number of rotatable bonds is 2. The van der Waals surface area contributed by atoms with Crippen molar-refractivity contribution in [2.75, 3.05) is 0 Å². The summed E-state index contributed by atoms with van der Waals surface area (Å²) in [6.07, 6.45) is 4.50. The molecule has 1 aromatic heterocycles. The van der Waals surface area contributed by atoms with E-state index in [-0.39, 0.29) is 24.2 Å². The van der Waals surface area contributed by atoms with Crippen LogP contribution in [0.4, 0.5) is 0 Å². The fourth-order valence-electron chi connectivity index (χ4n) is 6.70.